The van der Waals surface area contributed by atoms with Gasteiger partial charge in [-0.25, -0.2) is 0 Å². The zero-order valence-electron chi connectivity index (χ0n) is 17.9. The van der Waals surface area contributed by atoms with Crippen LogP contribution in [-0.2, 0) is 5.41 Å². The summed E-state index contributed by atoms with van der Waals surface area (Å²) >= 11 is 0. The van der Waals surface area contributed by atoms with E-state index < -0.39 is 0 Å². The van der Waals surface area contributed by atoms with Crippen molar-refractivity contribution >= 4 is 33.5 Å². The van der Waals surface area contributed by atoms with Gasteiger partial charge in [0.05, 0.1) is 10.8 Å². The van der Waals surface area contributed by atoms with E-state index >= 15 is 0 Å². The maximum absolute atomic E-state index is 12.9. The minimum absolute atomic E-state index is 0.0321. The Morgan fingerprint density at radius 3 is 2.27 bits per heavy atom. The molecular formula is C26H25NO3. The molecule has 0 bridgehead atoms. The van der Waals surface area contributed by atoms with Gasteiger partial charge in [-0.15, -0.1) is 0 Å². The van der Waals surface area contributed by atoms with Gasteiger partial charge in [0.15, 0.2) is 0 Å². The van der Waals surface area contributed by atoms with Crippen LogP contribution in [-0.4, -0.2) is 5.91 Å². The van der Waals surface area contributed by atoms with Crippen molar-refractivity contribution in [3.05, 3.63) is 87.1 Å². The molecule has 4 nitrogen and oxygen atoms in total. The Hall–Kier alpha value is -3.40. The van der Waals surface area contributed by atoms with Crippen molar-refractivity contribution in [3.63, 3.8) is 0 Å². The first kappa shape index (κ1) is 19.9. The minimum Gasteiger partial charge on any atom is -0.455 e. The molecular weight excluding hydrogens is 374 g/mol. The molecule has 4 aromatic rings. The SMILES string of the molecule is Cc1cc(C)c2oc3cc(NC(=O)c4ccc(C(C)(C)C)cc4)ccc3c(=O)c2c1. The summed E-state index contributed by atoms with van der Waals surface area (Å²) in [5, 5.41) is 3.98. The first-order valence-electron chi connectivity index (χ1n) is 10.0. The fourth-order valence-electron chi connectivity index (χ4n) is 3.71. The Bertz CT molecular complexity index is 1340. The molecule has 0 fully saturated rings. The number of hydrogen-bond acceptors (Lipinski definition) is 3. The smallest absolute Gasteiger partial charge is 0.255 e. The normalized spacial score (nSPS) is 11.8. The number of fused-ring (bicyclic) bond motifs is 2. The highest BCUT2D eigenvalue weighted by Gasteiger charge is 2.15. The molecule has 1 amide bonds. The Morgan fingerprint density at radius 1 is 0.900 bits per heavy atom. The van der Waals surface area contributed by atoms with Crippen molar-refractivity contribution in [2.24, 2.45) is 0 Å². The van der Waals surface area contributed by atoms with Crippen molar-refractivity contribution in [2.75, 3.05) is 5.32 Å². The van der Waals surface area contributed by atoms with Crippen molar-refractivity contribution in [1.82, 2.24) is 0 Å². The van der Waals surface area contributed by atoms with E-state index in [1.165, 1.54) is 5.56 Å². The summed E-state index contributed by atoms with van der Waals surface area (Å²) in [6.07, 6.45) is 0. The summed E-state index contributed by atoms with van der Waals surface area (Å²) in [4.78, 5) is 25.6. The summed E-state index contributed by atoms with van der Waals surface area (Å²) in [5.74, 6) is -0.204. The van der Waals surface area contributed by atoms with Crippen molar-refractivity contribution in [1.29, 1.82) is 0 Å². The number of nitrogens with one attached hydrogen (secondary N) is 1. The highest BCUT2D eigenvalue weighted by atomic mass is 16.3. The molecule has 0 spiro atoms. The molecule has 3 aromatic carbocycles. The van der Waals surface area contributed by atoms with Crippen LogP contribution in [0.15, 0.2) is 63.8 Å². The third-order valence-corrected chi connectivity index (χ3v) is 5.37. The quantitative estimate of drug-likeness (QED) is 0.414. The minimum atomic E-state index is -0.204. The molecule has 0 atom stereocenters. The molecule has 1 aromatic heterocycles. The molecule has 0 radical (unpaired) electrons. The molecule has 0 aliphatic carbocycles. The Balaban J connectivity index is 1.69. The molecule has 0 aliphatic rings. The van der Waals surface area contributed by atoms with Crippen LogP contribution in [0.5, 0.6) is 0 Å². The maximum Gasteiger partial charge on any atom is 0.255 e. The number of hydrogen-bond donors (Lipinski definition) is 1. The van der Waals surface area contributed by atoms with Crippen LogP contribution in [0.4, 0.5) is 5.69 Å². The first-order valence-corrected chi connectivity index (χ1v) is 10.0. The Morgan fingerprint density at radius 2 is 1.60 bits per heavy atom. The number of aryl methyl sites for hydroxylation is 2. The molecule has 30 heavy (non-hydrogen) atoms. The second-order valence-corrected chi connectivity index (χ2v) is 8.88. The van der Waals surface area contributed by atoms with E-state index in [-0.39, 0.29) is 16.8 Å². The molecule has 4 heteroatoms. The van der Waals surface area contributed by atoms with Crippen LogP contribution in [0.2, 0.25) is 0 Å². The lowest BCUT2D eigenvalue weighted by molar-refractivity contribution is 0.102. The first-order chi connectivity index (χ1) is 14.1. The van der Waals surface area contributed by atoms with Gasteiger partial charge in [-0.2, -0.15) is 0 Å². The third-order valence-electron chi connectivity index (χ3n) is 5.37. The monoisotopic (exact) mass is 399 g/mol. The van der Waals surface area contributed by atoms with Crippen LogP contribution < -0.4 is 10.7 Å². The summed E-state index contributed by atoms with van der Waals surface area (Å²) in [7, 11) is 0. The average Bonchev–Trinajstić information content (AvgIpc) is 2.68. The number of benzene rings is 3. The second kappa shape index (κ2) is 7.13. The third kappa shape index (κ3) is 3.61. The fraction of sp³-hybridized carbons (Fsp3) is 0.231. The number of amides is 1. The van der Waals surface area contributed by atoms with Gasteiger partial charge >= 0.3 is 0 Å². The number of anilines is 1. The van der Waals surface area contributed by atoms with Crippen molar-refractivity contribution in [2.45, 2.75) is 40.0 Å². The van der Waals surface area contributed by atoms with Gasteiger partial charge in [-0.05, 0) is 66.3 Å². The lowest BCUT2D eigenvalue weighted by Gasteiger charge is -2.19. The molecule has 0 unspecified atom stereocenters. The molecule has 4 rings (SSSR count). The van der Waals surface area contributed by atoms with E-state index in [1.807, 2.05) is 50.2 Å². The Kier molecular flexibility index (Phi) is 4.73. The molecule has 1 heterocycles. The zero-order valence-corrected chi connectivity index (χ0v) is 17.9. The number of carbonyl (C=O) groups is 1. The van der Waals surface area contributed by atoms with Crippen LogP contribution in [0.25, 0.3) is 21.9 Å². The zero-order chi connectivity index (χ0) is 21.6. The van der Waals surface area contributed by atoms with Crippen molar-refractivity contribution in [3.8, 4) is 0 Å². The van der Waals surface area contributed by atoms with Gasteiger partial charge in [-0.1, -0.05) is 39.0 Å². The fourth-order valence-corrected chi connectivity index (χ4v) is 3.71. The predicted octanol–water partition coefficient (Wildman–Crippen LogP) is 6.11. The van der Waals surface area contributed by atoms with Gasteiger partial charge in [-0.3, -0.25) is 9.59 Å². The van der Waals surface area contributed by atoms with Crippen LogP contribution >= 0.6 is 0 Å². The van der Waals surface area contributed by atoms with Crippen LogP contribution in [0.3, 0.4) is 0 Å². The highest BCUT2D eigenvalue weighted by Crippen LogP contribution is 2.26. The summed E-state index contributed by atoms with van der Waals surface area (Å²) < 4.78 is 6.04. The average molecular weight is 399 g/mol. The van der Waals surface area contributed by atoms with Crippen LogP contribution in [0, 0.1) is 13.8 Å². The summed E-state index contributed by atoms with van der Waals surface area (Å²) in [5.41, 5.74) is 5.28. The molecule has 1 N–H and O–H groups in total. The molecule has 0 saturated carbocycles. The lowest BCUT2D eigenvalue weighted by Crippen LogP contribution is -2.14. The molecule has 0 saturated heterocycles. The lowest BCUT2D eigenvalue weighted by atomic mass is 9.87. The molecule has 0 aliphatic heterocycles. The summed E-state index contributed by atoms with van der Waals surface area (Å²) in [6, 6.07) is 16.6. The maximum atomic E-state index is 12.9. The number of rotatable bonds is 2. The topological polar surface area (TPSA) is 59.3 Å². The second-order valence-electron chi connectivity index (χ2n) is 8.88. The van der Waals surface area contributed by atoms with E-state index in [0.29, 0.717) is 33.2 Å². The van der Waals surface area contributed by atoms with Gasteiger partial charge in [0.25, 0.3) is 5.91 Å². The predicted molar refractivity (Wildman–Crippen MR) is 123 cm³/mol. The molecule has 152 valence electrons. The van der Waals surface area contributed by atoms with Crippen molar-refractivity contribution < 1.29 is 9.21 Å². The van der Waals surface area contributed by atoms with E-state index in [4.69, 9.17) is 4.42 Å². The van der Waals surface area contributed by atoms with Gasteiger partial charge < -0.3 is 9.73 Å². The van der Waals surface area contributed by atoms with Crippen LogP contribution in [0.1, 0.15) is 47.8 Å². The van der Waals surface area contributed by atoms with E-state index in [9.17, 15) is 9.59 Å². The highest BCUT2D eigenvalue weighted by molar-refractivity contribution is 6.05. The largest absolute Gasteiger partial charge is 0.455 e. The standard InChI is InChI=1S/C26H25NO3/c1-15-12-16(2)24-21(13-15)23(28)20-11-10-19(14-22(20)30-24)27-25(29)17-6-8-18(9-7-17)26(3,4)5/h6-14H,1-5H3,(H,27,29). The van der Waals surface area contributed by atoms with Gasteiger partial charge in [0, 0.05) is 17.3 Å². The van der Waals surface area contributed by atoms with E-state index in [0.717, 1.165) is 11.1 Å². The van der Waals surface area contributed by atoms with Gasteiger partial charge in [0.1, 0.15) is 11.2 Å². The van der Waals surface area contributed by atoms with Gasteiger partial charge in [0.2, 0.25) is 5.43 Å². The van der Waals surface area contributed by atoms with E-state index in [1.54, 1.807) is 18.2 Å². The number of carbonyl (C=O) groups excluding carboxylic acids is 1. The Labute approximate surface area is 175 Å². The van der Waals surface area contributed by atoms with E-state index in [2.05, 4.69) is 26.1 Å². The summed E-state index contributed by atoms with van der Waals surface area (Å²) in [6.45, 7) is 10.3.